The van der Waals surface area contributed by atoms with Crippen molar-refractivity contribution in [2.45, 2.75) is 10.2 Å². The predicted molar refractivity (Wildman–Crippen MR) is 63.9 cm³/mol. The van der Waals surface area contributed by atoms with E-state index in [9.17, 15) is 0 Å². The molecule has 5 heteroatoms. The van der Waals surface area contributed by atoms with E-state index in [0.717, 1.165) is 21.3 Å². The fourth-order valence-corrected chi connectivity index (χ4v) is 2.34. The van der Waals surface area contributed by atoms with E-state index in [-0.39, 0.29) is 0 Å². The van der Waals surface area contributed by atoms with Crippen molar-refractivity contribution < 1.29 is 4.42 Å². The van der Waals surface area contributed by atoms with Gasteiger partial charge < -0.3 is 9.40 Å². The highest BCUT2D eigenvalue weighted by Crippen LogP contribution is 2.28. The van der Waals surface area contributed by atoms with Gasteiger partial charge in [-0.1, -0.05) is 11.6 Å². The second-order valence-electron chi connectivity index (χ2n) is 3.24. The topological polar surface area (TPSA) is 41.8 Å². The van der Waals surface area contributed by atoms with Gasteiger partial charge in [-0.15, -0.1) is 0 Å². The Balaban J connectivity index is 1.99. The van der Waals surface area contributed by atoms with Gasteiger partial charge in [0.2, 0.25) is 0 Å². The molecule has 0 spiro atoms. The van der Waals surface area contributed by atoms with Crippen molar-refractivity contribution in [2.75, 3.05) is 0 Å². The van der Waals surface area contributed by atoms with E-state index in [4.69, 9.17) is 16.0 Å². The molecule has 3 rings (SSSR count). The molecule has 0 saturated heterocycles. The summed E-state index contributed by atoms with van der Waals surface area (Å²) in [5.41, 5.74) is 1.83. The van der Waals surface area contributed by atoms with Gasteiger partial charge >= 0.3 is 0 Å². The minimum absolute atomic E-state index is 0.700. The van der Waals surface area contributed by atoms with Crippen molar-refractivity contribution in [3.63, 3.8) is 0 Å². The molecule has 0 aliphatic carbocycles. The SMILES string of the molecule is Clc1ccc2nc(Sc3ccco3)[nH]c2c1. The quantitative estimate of drug-likeness (QED) is 0.749. The van der Waals surface area contributed by atoms with Crippen molar-refractivity contribution in [2.24, 2.45) is 0 Å². The van der Waals surface area contributed by atoms with Gasteiger partial charge in [0.1, 0.15) is 0 Å². The predicted octanol–water partition coefficient (Wildman–Crippen LogP) is 3.96. The van der Waals surface area contributed by atoms with Crippen LogP contribution < -0.4 is 0 Å². The molecule has 0 saturated carbocycles. The molecule has 2 heterocycles. The number of rotatable bonds is 2. The summed E-state index contributed by atoms with van der Waals surface area (Å²) in [4.78, 5) is 7.60. The summed E-state index contributed by atoms with van der Waals surface area (Å²) in [6, 6.07) is 9.31. The Kier molecular flexibility index (Phi) is 2.38. The van der Waals surface area contributed by atoms with E-state index in [1.54, 1.807) is 6.26 Å². The minimum Gasteiger partial charge on any atom is -0.458 e. The number of benzene rings is 1. The molecule has 3 nitrogen and oxygen atoms in total. The first-order valence-electron chi connectivity index (χ1n) is 4.68. The summed E-state index contributed by atoms with van der Waals surface area (Å²) in [7, 11) is 0. The zero-order chi connectivity index (χ0) is 11.0. The van der Waals surface area contributed by atoms with Gasteiger partial charge in [-0.2, -0.15) is 0 Å². The van der Waals surface area contributed by atoms with Crippen LogP contribution in [0.2, 0.25) is 5.02 Å². The van der Waals surface area contributed by atoms with E-state index in [0.29, 0.717) is 5.02 Å². The molecule has 0 radical (unpaired) electrons. The maximum Gasteiger partial charge on any atom is 0.174 e. The van der Waals surface area contributed by atoms with Crippen molar-refractivity contribution in [3.8, 4) is 0 Å². The second kappa shape index (κ2) is 3.88. The molecule has 0 atom stereocenters. The summed E-state index contributed by atoms with van der Waals surface area (Å²) in [6.07, 6.45) is 1.64. The van der Waals surface area contributed by atoms with Gasteiger partial charge in [0.05, 0.1) is 17.3 Å². The van der Waals surface area contributed by atoms with E-state index >= 15 is 0 Å². The Bertz CT molecular complexity index is 618. The number of imidazole rings is 1. The van der Waals surface area contributed by atoms with Gasteiger partial charge in [0.25, 0.3) is 0 Å². The van der Waals surface area contributed by atoms with Gasteiger partial charge in [0.15, 0.2) is 10.2 Å². The van der Waals surface area contributed by atoms with Crippen molar-refractivity contribution in [1.29, 1.82) is 0 Å². The smallest absolute Gasteiger partial charge is 0.174 e. The zero-order valence-corrected chi connectivity index (χ0v) is 9.68. The maximum absolute atomic E-state index is 5.90. The van der Waals surface area contributed by atoms with Crippen LogP contribution in [0.3, 0.4) is 0 Å². The normalized spacial score (nSPS) is 11.1. The Morgan fingerprint density at radius 3 is 3.06 bits per heavy atom. The van der Waals surface area contributed by atoms with Crippen LogP contribution >= 0.6 is 23.4 Å². The molecule has 0 unspecified atom stereocenters. The van der Waals surface area contributed by atoms with E-state index in [1.807, 2.05) is 30.3 Å². The number of aromatic amines is 1. The third-order valence-electron chi connectivity index (χ3n) is 2.11. The number of fused-ring (bicyclic) bond motifs is 1. The fraction of sp³-hybridized carbons (Fsp3) is 0. The first-order chi connectivity index (χ1) is 7.81. The van der Waals surface area contributed by atoms with Gasteiger partial charge in [-0.25, -0.2) is 4.98 Å². The van der Waals surface area contributed by atoms with E-state index < -0.39 is 0 Å². The zero-order valence-electron chi connectivity index (χ0n) is 8.11. The lowest BCUT2D eigenvalue weighted by atomic mass is 10.3. The molecule has 1 aromatic carbocycles. The Morgan fingerprint density at radius 2 is 2.25 bits per heavy atom. The summed E-state index contributed by atoms with van der Waals surface area (Å²) >= 11 is 7.35. The first kappa shape index (κ1) is 9.81. The standard InChI is InChI=1S/C11H7ClN2OS/c12-7-3-4-8-9(6-7)14-11(13-8)16-10-2-1-5-15-10/h1-6H,(H,13,14). The average Bonchev–Trinajstić information content (AvgIpc) is 2.86. The highest BCUT2D eigenvalue weighted by atomic mass is 35.5. The van der Waals surface area contributed by atoms with Gasteiger partial charge in [0, 0.05) is 5.02 Å². The molecule has 0 bridgehead atoms. The number of nitrogens with one attached hydrogen (secondary N) is 1. The van der Waals surface area contributed by atoms with Crippen molar-refractivity contribution in [1.82, 2.24) is 9.97 Å². The molecule has 2 aromatic heterocycles. The van der Waals surface area contributed by atoms with Gasteiger partial charge in [-0.05, 0) is 42.1 Å². The lowest BCUT2D eigenvalue weighted by Crippen LogP contribution is -1.71. The highest BCUT2D eigenvalue weighted by molar-refractivity contribution is 7.99. The Hall–Kier alpha value is -1.39. The summed E-state index contributed by atoms with van der Waals surface area (Å²) in [6.45, 7) is 0. The van der Waals surface area contributed by atoms with Gasteiger partial charge in [-0.3, -0.25) is 0 Å². The second-order valence-corrected chi connectivity index (χ2v) is 4.67. The number of aromatic nitrogens is 2. The number of nitrogens with zero attached hydrogens (tertiary/aromatic N) is 1. The summed E-state index contributed by atoms with van der Waals surface area (Å²) in [5.74, 6) is 0. The molecule has 0 amide bonds. The van der Waals surface area contributed by atoms with Crippen LogP contribution in [0, 0.1) is 0 Å². The third-order valence-corrected chi connectivity index (χ3v) is 3.17. The van der Waals surface area contributed by atoms with Crippen LogP contribution in [0.1, 0.15) is 0 Å². The monoisotopic (exact) mass is 250 g/mol. The first-order valence-corrected chi connectivity index (χ1v) is 5.87. The van der Waals surface area contributed by atoms with Crippen LogP contribution in [-0.2, 0) is 0 Å². The van der Waals surface area contributed by atoms with Crippen molar-refractivity contribution in [3.05, 3.63) is 41.6 Å². The lowest BCUT2D eigenvalue weighted by molar-refractivity contribution is 0.474. The fourth-order valence-electron chi connectivity index (χ4n) is 1.42. The number of halogens is 1. The summed E-state index contributed by atoms with van der Waals surface area (Å²) in [5, 5.41) is 2.31. The molecule has 0 aliphatic rings. The molecule has 0 aliphatic heterocycles. The van der Waals surface area contributed by atoms with Crippen LogP contribution in [0.4, 0.5) is 0 Å². The van der Waals surface area contributed by atoms with E-state index in [2.05, 4.69) is 9.97 Å². The molecular weight excluding hydrogens is 244 g/mol. The highest BCUT2D eigenvalue weighted by Gasteiger charge is 2.06. The lowest BCUT2D eigenvalue weighted by Gasteiger charge is -1.89. The Labute approximate surface area is 101 Å². The molecule has 3 aromatic rings. The molecule has 0 fully saturated rings. The third kappa shape index (κ3) is 1.81. The average molecular weight is 251 g/mol. The molecule has 1 N–H and O–H groups in total. The van der Waals surface area contributed by atoms with Crippen LogP contribution in [0.25, 0.3) is 11.0 Å². The Morgan fingerprint density at radius 1 is 1.31 bits per heavy atom. The molecular formula is C11H7ClN2OS. The van der Waals surface area contributed by atoms with Crippen molar-refractivity contribution >= 4 is 34.4 Å². The minimum atomic E-state index is 0.700. The maximum atomic E-state index is 5.90. The number of hydrogen-bond donors (Lipinski definition) is 1. The molecule has 80 valence electrons. The van der Waals surface area contributed by atoms with Crippen LogP contribution in [0.5, 0.6) is 0 Å². The largest absolute Gasteiger partial charge is 0.458 e. The van der Waals surface area contributed by atoms with Crippen LogP contribution in [-0.4, -0.2) is 9.97 Å². The number of hydrogen-bond acceptors (Lipinski definition) is 3. The van der Waals surface area contributed by atoms with Crippen LogP contribution in [0.15, 0.2) is 51.3 Å². The summed E-state index contributed by atoms with van der Waals surface area (Å²) < 4.78 is 5.23. The van der Waals surface area contributed by atoms with E-state index in [1.165, 1.54) is 11.8 Å². The number of H-pyrrole nitrogens is 1. The number of furan rings is 1. The molecule has 16 heavy (non-hydrogen) atoms.